The molecule has 0 spiro atoms. The lowest BCUT2D eigenvalue weighted by Gasteiger charge is -2.15. The van der Waals surface area contributed by atoms with E-state index in [1.165, 1.54) is 13.2 Å². The zero-order valence-electron chi connectivity index (χ0n) is 8.80. The fourth-order valence-corrected chi connectivity index (χ4v) is 2.38. The van der Waals surface area contributed by atoms with E-state index >= 15 is 0 Å². The Morgan fingerprint density at radius 3 is 2.69 bits per heavy atom. The van der Waals surface area contributed by atoms with E-state index in [1.807, 2.05) is 0 Å². The van der Waals surface area contributed by atoms with E-state index in [9.17, 15) is 8.42 Å². The quantitative estimate of drug-likeness (QED) is 0.786. The minimum absolute atomic E-state index is 0.0867. The minimum Gasteiger partial charge on any atom is -0.395 e. The maximum absolute atomic E-state index is 11.7. The third-order valence-electron chi connectivity index (χ3n) is 2.03. The number of rotatable bonds is 5. The van der Waals surface area contributed by atoms with E-state index in [0.717, 1.165) is 4.31 Å². The number of hydrogen-bond donors (Lipinski definition) is 1. The molecule has 1 aromatic rings. The van der Waals surface area contributed by atoms with Crippen molar-refractivity contribution in [1.29, 1.82) is 0 Å². The molecule has 0 aromatic carbocycles. The molecular formula is C9H13ClN2O3S. The summed E-state index contributed by atoms with van der Waals surface area (Å²) in [6, 6.07) is 3.15. The largest absolute Gasteiger partial charge is 0.395 e. The first kappa shape index (κ1) is 13.4. The van der Waals surface area contributed by atoms with Gasteiger partial charge in [-0.2, -0.15) is 0 Å². The molecular weight excluding hydrogens is 252 g/mol. The maximum Gasteiger partial charge on any atom is 0.218 e. The highest BCUT2D eigenvalue weighted by molar-refractivity contribution is 7.88. The first-order chi connectivity index (χ1) is 7.45. The van der Waals surface area contributed by atoms with Gasteiger partial charge in [0.25, 0.3) is 0 Å². The summed E-state index contributed by atoms with van der Waals surface area (Å²) in [4.78, 5) is 3.80. The molecule has 0 saturated carbocycles. The molecule has 0 saturated heterocycles. The third-order valence-corrected chi connectivity index (χ3v) is 4.08. The van der Waals surface area contributed by atoms with Crippen molar-refractivity contribution in [1.82, 2.24) is 9.29 Å². The highest BCUT2D eigenvalue weighted by Gasteiger charge is 2.17. The molecule has 7 heteroatoms. The van der Waals surface area contributed by atoms with Crippen LogP contribution in [-0.2, 0) is 15.8 Å². The van der Waals surface area contributed by atoms with E-state index in [0.29, 0.717) is 10.7 Å². The number of halogens is 1. The Kier molecular flexibility index (Phi) is 4.67. The number of likely N-dealkylation sites (N-methyl/N-ethyl adjacent to an activating group) is 1. The van der Waals surface area contributed by atoms with Crippen LogP contribution in [0.15, 0.2) is 18.3 Å². The van der Waals surface area contributed by atoms with Gasteiger partial charge in [0.15, 0.2) is 0 Å². The van der Waals surface area contributed by atoms with Gasteiger partial charge < -0.3 is 5.11 Å². The molecule has 1 N–H and O–H groups in total. The number of aliphatic hydroxyl groups is 1. The Morgan fingerprint density at radius 2 is 2.19 bits per heavy atom. The Hall–Kier alpha value is -0.690. The predicted octanol–water partition coefficient (Wildman–Crippen LogP) is 0.489. The molecule has 0 aliphatic heterocycles. The van der Waals surface area contributed by atoms with Gasteiger partial charge in [0, 0.05) is 19.8 Å². The molecule has 1 heterocycles. The van der Waals surface area contributed by atoms with Gasteiger partial charge in [0.1, 0.15) is 5.15 Å². The van der Waals surface area contributed by atoms with Gasteiger partial charge >= 0.3 is 0 Å². The Labute approximate surface area is 99.7 Å². The van der Waals surface area contributed by atoms with Crippen LogP contribution in [0, 0.1) is 0 Å². The predicted molar refractivity (Wildman–Crippen MR) is 61.6 cm³/mol. The van der Waals surface area contributed by atoms with E-state index in [-0.39, 0.29) is 18.9 Å². The fraction of sp³-hybridized carbons (Fsp3) is 0.444. The molecule has 0 aliphatic carbocycles. The molecule has 0 aliphatic rings. The molecule has 0 fully saturated rings. The van der Waals surface area contributed by atoms with E-state index in [4.69, 9.17) is 16.7 Å². The van der Waals surface area contributed by atoms with Gasteiger partial charge in [0.2, 0.25) is 10.0 Å². The summed E-state index contributed by atoms with van der Waals surface area (Å²) in [6.45, 7) is -0.113. The van der Waals surface area contributed by atoms with Crippen LogP contribution < -0.4 is 0 Å². The lowest BCUT2D eigenvalue weighted by atomic mass is 10.3. The molecule has 1 rings (SSSR count). The van der Waals surface area contributed by atoms with Crippen molar-refractivity contribution in [2.45, 2.75) is 5.75 Å². The van der Waals surface area contributed by atoms with Crippen LogP contribution in [0.4, 0.5) is 0 Å². The maximum atomic E-state index is 11.7. The lowest BCUT2D eigenvalue weighted by Crippen LogP contribution is -2.30. The highest BCUT2D eigenvalue weighted by Crippen LogP contribution is 2.10. The molecule has 0 radical (unpaired) electrons. The average molecular weight is 265 g/mol. The zero-order chi connectivity index (χ0) is 12.2. The van der Waals surface area contributed by atoms with E-state index < -0.39 is 10.0 Å². The van der Waals surface area contributed by atoms with Crippen molar-refractivity contribution in [3.8, 4) is 0 Å². The first-order valence-corrected chi connectivity index (χ1v) is 6.60. The van der Waals surface area contributed by atoms with Crippen molar-refractivity contribution < 1.29 is 13.5 Å². The lowest BCUT2D eigenvalue weighted by molar-refractivity contribution is 0.266. The SMILES string of the molecule is CN(CCO)S(=O)(=O)Cc1ccc(Cl)nc1. The van der Waals surface area contributed by atoms with Gasteiger partial charge in [-0.05, 0) is 11.6 Å². The van der Waals surface area contributed by atoms with E-state index in [2.05, 4.69) is 4.98 Å². The van der Waals surface area contributed by atoms with Gasteiger partial charge in [-0.1, -0.05) is 17.7 Å². The summed E-state index contributed by atoms with van der Waals surface area (Å²) in [5.41, 5.74) is 0.564. The van der Waals surface area contributed by atoms with Crippen LogP contribution in [0.25, 0.3) is 0 Å². The molecule has 1 aromatic heterocycles. The van der Waals surface area contributed by atoms with Crippen LogP contribution in [0.1, 0.15) is 5.56 Å². The second-order valence-corrected chi connectivity index (χ2v) is 5.75. The second kappa shape index (κ2) is 5.58. The minimum atomic E-state index is -3.40. The number of aromatic nitrogens is 1. The molecule has 0 atom stereocenters. The highest BCUT2D eigenvalue weighted by atomic mass is 35.5. The summed E-state index contributed by atoms with van der Waals surface area (Å²) in [6.07, 6.45) is 1.42. The molecule has 90 valence electrons. The summed E-state index contributed by atoms with van der Waals surface area (Å²) < 4.78 is 24.6. The molecule has 0 amide bonds. The van der Waals surface area contributed by atoms with Crippen molar-refractivity contribution in [2.75, 3.05) is 20.2 Å². The van der Waals surface area contributed by atoms with Crippen molar-refractivity contribution in [2.24, 2.45) is 0 Å². The number of nitrogens with zero attached hydrogens (tertiary/aromatic N) is 2. The number of aliphatic hydroxyl groups excluding tert-OH is 1. The van der Waals surface area contributed by atoms with E-state index in [1.54, 1.807) is 12.1 Å². The van der Waals surface area contributed by atoms with Crippen LogP contribution >= 0.6 is 11.6 Å². The Balaban J connectivity index is 2.76. The Morgan fingerprint density at radius 1 is 1.50 bits per heavy atom. The van der Waals surface area contributed by atoms with Gasteiger partial charge in [-0.3, -0.25) is 0 Å². The van der Waals surface area contributed by atoms with Gasteiger partial charge in [0.05, 0.1) is 12.4 Å². The van der Waals surface area contributed by atoms with Gasteiger partial charge in [-0.25, -0.2) is 17.7 Å². The normalized spacial score (nSPS) is 12.0. The van der Waals surface area contributed by atoms with Crippen molar-refractivity contribution >= 4 is 21.6 Å². The monoisotopic (exact) mass is 264 g/mol. The zero-order valence-corrected chi connectivity index (χ0v) is 10.4. The summed E-state index contributed by atoms with van der Waals surface area (Å²) in [7, 11) is -1.97. The first-order valence-electron chi connectivity index (χ1n) is 4.61. The smallest absolute Gasteiger partial charge is 0.218 e. The molecule has 16 heavy (non-hydrogen) atoms. The summed E-state index contributed by atoms with van der Waals surface area (Å²) >= 11 is 5.59. The van der Waals surface area contributed by atoms with Crippen LogP contribution in [-0.4, -0.2) is 43.0 Å². The van der Waals surface area contributed by atoms with Crippen LogP contribution in [0.3, 0.4) is 0 Å². The fourth-order valence-electron chi connectivity index (χ4n) is 1.09. The standard InChI is InChI=1S/C9H13ClN2O3S/c1-12(4-5-13)16(14,15)7-8-2-3-9(10)11-6-8/h2-3,6,13H,4-5,7H2,1H3. The molecule has 5 nitrogen and oxygen atoms in total. The van der Waals surface area contributed by atoms with Crippen molar-refractivity contribution in [3.05, 3.63) is 29.0 Å². The number of pyridine rings is 1. The van der Waals surface area contributed by atoms with Crippen molar-refractivity contribution in [3.63, 3.8) is 0 Å². The number of sulfonamides is 1. The summed E-state index contributed by atoms with van der Waals surface area (Å²) in [5, 5.41) is 8.99. The third kappa shape index (κ3) is 3.71. The topological polar surface area (TPSA) is 70.5 Å². The van der Waals surface area contributed by atoms with Gasteiger partial charge in [-0.15, -0.1) is 0 Å². The molecule has 0 bridgehead atoms. The number of hydrogen-bond acceptors (Lipinski definition) is 4. The second-order valence-electron chi connectivity index (χ2n) is 3.29. The Bertz CT molecular complexity index is 433. The summed E-state index contributed by atoms with van der Waals surface area (Å²) in [5.74, 6) is -0.145. The average Bonchev–Trinajstić information content (AvgIpc) is 2.21. The van der Waals surface area contributed by atoms with Crippen LogP contribution in [0.5, 0.6) is 0 Å². The van der Waals surface area contributed by atoms with Crippen LogP contribution in [0.2, 0.25) is 5.15 Å². The molecule has 0 unspecified atom stereocenters.